The molecule has 1 N–H and O–H groups in total. The lowest BCUT2D eigenvalue weighted by atomic mass is 10.0. The van der Waals surface area contributed by atoms with Crippen molar-refractivity contribution in [1.82, 2.24) is 4.90 Å². The van der Waals surface area contributed by atoms with Gasteiger partial charge in [-0.05, 0) is 18.6 Å². The van der Waals surface area contributed by atoms with Crippen molar-refractivity contribution in [3.8, 4) is 0 Å². The van der Waals surface area contributed by atoms with Gasteiger partial charge >= 0.3 is 0 Å². The maximum absolute atomic E-state index is 10.9. The molecule has 3 rings (SSSR count). The Kier molecular flexibility index (Phi) is 5.93. The second-order valence-electron chi connectivity index (χ2n) is 6.13. The van der Waals surface area contributed by atoms with Crippen molar-refractivity contribution in [2.75, 3.05) is 31.7 Å². The van der Waals surface area contributed by atoms with Gasteiger partial charge in [-0.1, -0.05) is 36.4 Å². The van der Waals surface area contributed by atoms with E-state index in [4.69, 9.17) is 4.74 Å². The molecule has 1 fully saturated rings. The molecule has 0 spiro atoms. The first kappa shape index (κ1) is 18.0. The minimum Gasteiger partial charge on any atom is -0.379 e. The minimum absolute atomic E-state index is 0.0336. The van der Waals surface area contributed by atoms with Crippen LogP contribution in [0.15, 0.2) is 59.7 Å². The van der Waals surface area contributed by atoms with Crippen LogP contribution in [0.2, 0.25) is 0 Å². The van der Waals surface area contributed by atoms with Gasteiger partial charge in [-0.25, -0.2) is 0 Å². The van der Waals surface area contributed by atoms with Crippen molar-refractivity contribution < 1.29 is 9.66 Å². The smallest absolute Gasteiger partial charge is 0.271 e. The van der Waals surface area contributed by atoms with Crippen LogP contribution >= 0.6 is 0 Å². The summed E-state index contributed by atoms with van der Waals surface area (Å²) in [7, 11) is 0. The normalized spacial score (nSPS) is 16.9. The van der Waals surface area contributed by atoms with Gasteiger partial charge in [0.2, 0.25) is 0 Å². The molecule has 1 heterocycles. The SMILES string of the molecule is C/C(=N/Nc1cccc([N+](=O)[O-])c1)[C@@H](c1ccccc1)N1CCOCC1. The van der Waals surface area contributed by atoms with Crippen molar-refractivity contribution in [2.45, 2.75) is 13.0 Å². The highest BCUT2D eigenvalue weighted by Crippen LogP contribution is 2.24. The number of nitrogens with zero attached hydrogens (tertiary/aromatic N) is 3. The average Bonchev–Trinajstić information content (AvgIpc) is 2.68. The van der Waals surface area contributed by atoms with E-state index in [1.165, 1.54) is 12.1 Å². The molecular weight excluding hydrogens is 332 g/mol. The molecule has 1 atom stereocenters. The van der Waals surface area contributed by atoms with Gasteiger partial charge in [-0.15, -0.1) is 0 Å². The van der Waals surface area contributed by atoms with E-state index in [0.29, 0.717) is 18.9 Å². The fourth-order valence-corrected chi connectivity index (χ4v) is 3.09. The number of rotatable bonds is 6. The number of ether oxygens (including phenoxy) is 1. The molecule has 0 saturated carbocycles. The van der Waals surface area contributed by atoms with Crippen molar-refractivity contribution >= 4 is 17.1 Å². The van der Waals surface area contributed by atoms with Crippen LogP contribution in [0.1, 0.15) is 18.5 Å². The van der Waals surface area contributed by atoms with E-state index in [9.17, 15) is 10.1 Å². The van der Waals surface area contributed by atoms with Crippen LogP contribution in [0.3, 0.4) is 0 Å². The van der Waals surface area contributed by atoms with Gasteiger partial charge in [0.05, 0.1) is 35.6 Å². The zero-order valence-electron chi connectivity index (χ0n) is 14.7. The van der Waals surface area contributed by atoms with E-state index in [0.717, 1.165) is 24.4 Å². The number of nitrogens with one attached hydrogen (secondary N) is 1. The van der Waals surface area contributed by atoms with Crippen molar-refractivity contribution in [3.63, 3.8) is 0 Å². The number of hydrogen-bond donors (Lipinski definition) is 1. The quantitative estimate of drug-likeness (QED) is 0.488. The summed E-state index contributed by atoms with van der Waals surface area (Å²) in [5.41, 5.74) is 5.64. The summed E-state index contributed by atoms with van der Waals surface area (Å²) >= 11 is 0. The zero-order valence-corrected chi connectivity index (χ0v) is 14.7. The molecule has 0 radical (unpaired) electrons. The third-order valence-corrected chi connectivity index (χ3v) is 4.34. The maximum Gasteiger partial charge on any atom is 0.271 e. The number of benzene rings is 2. The van der Waals surface area contributed by atoms with Crippen LogP contribution in [0.4, 0.5) is 11.4 Å². The van der Waals surface area contributed by atoms with E-state index in [1.807, 2.05) is 25.1 Å². The first-order chi connectivity index (χ1) is 12.6. The lowest BCUT2D eigenvalue weighted by Gasteiger charge is -2.34. The molecule has 136 valence electrons. The van der Waals surface area contributed by atoms with Crippen LogP contribution in [0, 0.1) is 10.1 Å². The molecule has 0 unspecified atom stereocenters. The van der Waals surface area contributed by atoms with Gasteiger partial charge in [0.15, 0.2) is 0 Å². The summed E-state index contributed by atoms with van der Waals surface area (Å²) in [6, 6.07) is 16.6. The van der Waals surface area contributed by atoms with Crippen LogP contribution in [0.25, 0.3) is 0 Å². The number of hydrogen-bond acceptors (Lipinski definition) is 6. The molecule has 0 aliphatic carbocycles. The Morgan fingerprint density at radius 2 is 1.92 bits per heavy atom. The number of morpholine rings is 1. The summed E-state index contributed by atoms with van der Waals surface area (Å²) in [5, 5.41) is 15.4. The Labute approximate surface area is 152 Å². The Hall–Kier alpha value is -2.77. The molecule has 2 aromatic rings. The van der Waals surface area contributed by atoms with Crippen LogP contribution in [-0.2, 0) is 4.74 Å². The summed E-state index contributed by atoms with van der Waals surface area (Å²) in [5.74, 6) is 0. The highest BCUT2D eigenvalue weighted by atomic mass is 16.6. The summed E-state index contributed by atoms with van der Waals surface area (Å²) in [6.07, 6.45) is 0. The molecular formula is C19H22N4O3. The molecule has 0 aromatic heterocycles. The number of nitro benzene ring substituents is 1. The second kappa shape index (κ2) is 8.55. The molecule has 1 saturated heterocycles. The maximum atomic E-state index is 10.9. The third kappa shape index (κ3) is 4.44. The molecule has 7 nitrogen and oxygen atoms in total. The van der Waals surface area contributed by atoms with Gasteiger partial charge in [-0.2, -0.15) is 5.10 Å². The number of anilines is 1. The Morgan fingerprint density at radius 1 is 1.19 bits per heavy atom. The molecule has 26 heavy (non-hydrogen) atoms. The van der Waals surface area contributed by atoms with Crippen LogP contribution < -0.4 is 5.43 Å². The van der Waals surface area contributed by atoms with E-state index < -0.39 is 4.92 Å². The molecule has 0 amide bonds. The molecule has 7 heteroatoms. The zero-order chi connectivity index (χ0) is 18.4. The highest BCUT2D eigenvalue weighted by Gasteiger charge is 2.25. The van der Waals surface area contributed by atoms with E-state index in [-0.39, 0.29) is 11.7 Å². The van der Waals surface area contributed by atoms with Gasteiger partial charge in [0, 0.05) is 25.2 Å². The standard InChI is InChI=1S/C19H22N4O3/c1-15(20-21-17-8-5-9-18(14-17)23(24)25)19(16-6-3-2-4-7-16)22-10-12-26-13-11-22/h2-9,14,19,21H,10-13H2,1H3/b20-15-/t19-/m0/s1. The van der Waals surface area contributed by atoms with Crippen LogP contribution in [0.5, 0.6) is 0 Å². The molecule has 0 bridgehead atoms. The predicted octanol–water partition coefficient (Wildman–Crippen LogP) is 3.46. The fraction of sp³-hybridized carbons (Fsp3) is 0.316. The second-order valence-corrected chi connectivity index (χ2v) is 6.13. The summed E-state index contributed by atoms with van der Waals surface area (Å²) in [4.78, 5) is 12.8. The summed E-state index contributed by atoms with van der Waals surface area (Å²) in [6.45, 7) is 5.05. The highest BCUT2D eigenvalue weighted by molar-refractivity contribution is 5.89. The lowest BCUT2D eigenvalue weighted by molar-refractivity contribution is -0.384. The number of hydrazone groups is 1. The van der Waals surface area contributed by atoms with E-state index >= 15 is 0 Å². The van der Waals surface area contributed by atoms with Gasteiger partial charge in [0.1, 0.15) is 0 Å². The van der Waals surface area contributed by atoms with Gasteiger partial charge in [-0.3, -0.25) is 20.4 Å². The van der Waals surface area contributed by atoms with Gasteiger partial charge in [0.25, 0.3) is 5.69 Å². The molecule has 2 aromatic carbocycles. The van der Waals surface area contributed by atoms with Gasteiger partial charge < -0.3 is 4.74 Å². The largest absolute Gasteiger partial charge is 0.379 e. The van der Waals surface area contributed by atoms with Crippen LogP contribution in [-0.4, -0.2) is 41.8 Å². The van der Waals surface area contributed by atoms with Crippen molar-refractivity contribution in [3.05, 3.63) is 70.3 Å². The summed E-state index contributed by atoms with van der Waals surface area (Å²) < 4.78 is 5.47. The Bertz CT molecular complexity index is 773. The average molecular weight is 354 g/mol. The predicted molar refractivity (Wildman–Crippen MR) is 101 cm³/mol. The number of nitro groups is 1. The third-order valence-electron chi connectivity index (χ3n) is 4.34. The Balaban J connectivity index is 1.82. The Morgan fingerprint density at radius 3 is 2.62 bits per heavy atom. The minimum atomic E-state index is -0.414. The van der Waals surface area contributed by atoms with E-state index in [2.05, 4.69) is 27.6 Å². The first-order valence-corrected chi connectivity index (χ1v) is 8.56. The topological polar surface area (TPSA) is 80.0 Å². The van der Waals surface area contributed by atoms with Crippen molar-refractivity contribution in [1.29, 1.82) is 0 Å². The lowest BCUT2D eigenvalue weighted by Crippen LogP contribution is -2.41. The van der Waals surface area contributed by atoms with Crippen molar-refractivity contribution in [2.24, 2.45) is 5.10 Å². The van der Waals surface area contributed by atoms with E-state index in [1.54, 1.807) is 12.1 Å². The molecule has 1 aliphatic heterocycles. The fourth-order valence-electron chi connectivity index (χ4n) is 3.09. The first-order valence-electron chi connectivity index (χ1n) is 8.56. The molecule has 1 aliphatic rings. The monoisotopic (exact) mass is 354 g/mol. The number of non-ortho nitro benzene ring substituents is 1.